The van der Waals surface area contributed by atoms with Gasteiger partial charge in [-0.1, -0.05) is 6.07 Å². The molecule has 1 aliphatic rings. The minimum Gasteiger partial charge on any atom is -0.368 e. The number of anilines is 1. The molecule has 0 unspecified atom stereocenters. The maximum absolute atomic E-state index is 13.0. The molecule has 3 N–H and O–H groups in total. The number of halogens is 3. The Bertz CT molecular complexity index is 1300. The number of primary amides is 1. The van der Waals surface area contributed by atoms with E-state index in [-0.39, 0.29) is 17.7 Å². The Morgan fingerprint density at radius 1 is 1.12 bits per heavy atom. The van der Waals surface area contributed by atoms with E-state index < -0.39 is 17.8 Å². The molecule has 0 saturated heterocycles. The Hall–Kier alpha value is -3.56. The smallest absolute Gasteiger partial charge is 0.368 e. The summed E-state index contributed by atoms with van der Waals surface area (Å²) < 4.78 is 42.7. The molecular weight excluding hydrogens is 421 g/mol. The highest BCUT2D eigenvalue weighted by atomic mass is 19.4. The third-order valence-corrected chi connectivity index (χ3v) is 6.11. The van der Waals surface area contributed by atoms with Gasteiger partial charge in [0.1, 0.15) is 17.1 Å². The van der Waals surface area contributed by atoms with E-state index in [2.05, 4.69) is 19.9 Å². The van der Waals surface area contributed by atoms with Crippen molar-refractivity contribution in [2.24, 2.45) is 5.73 Å². The van der Waals surface area contributed by atoms with Crippen LogP contribution in [0, 0.1) is 0 Å². The zero-order chi connectivity index (χ0) is 22.5. The van der Waals surface area contributed by atoms with E-state index in [1.807, 2.05) is 12.3 Å². The number of imidazole rings is 1. The first kappa shape index (κ1) is 20.3. The number of nitrogens with one attached hydrogen (secondary N) is 1. The minimum absolute atomic E-state index is 0.129. The molecule has 0 bridgehead atoms. The van der Waals surface area contributed by atoms with Crippen LogP contribution in [0.3, 0.4) is 0 Å². The fourth-order valence-electron chi connectivity index (χ4n) is 4.54. The molecule has 4 heterocycles. The molecule has 0 aliphatic heterocycles. The Morgan fingerprint density at radius 3 is 2.62 bits per heavy atom. The topological polar surface area (TPSA) is 90.2 Å². The fraction of sp³-hybridized carbons (Fsp3) is 0.318. The van der Waals surface area contributed by atoms with E-state index in [9.17, 15) is 18.0 Å². The summed E-state index contributed by atoms with van der Waals surface area (Å²) in [5.74, 6) is 0.110. The van der Waals surface area contributed by atoms with E-state index in [1.165, 1.54) is 4.40 Å². The van der Waals surface area contributed by atoms with Gasteiger partial charge in [-0.3, -0.25) is 9.20 Å². The van der Waals surface area contributed by atoms with Gasteiger partial charge in [-0.15, -0.1) is 0 Å². The molecule has 0 radical (unpaired) electrons. The summed E-state index contributed by atoms with van der Waals surface area (Å²) in [5.41, 5.74) is 6.01. The number of rotatable bonds is 4. The second-order valence-electron chi connectivity index (χ2n) is 8.10. The van der Waals surface area contributed by atoms with Gasteiger partial charge in [0, 0.05) is 36.1 Å². The molecule has 0 aromatic carbocycles. The first-order valence-corrected chi connectivity index (χ1v) is 10.4. The zero-order valence-corrected chi connectivity index (χ0v) is 17.0. The summed E-state index contributed by atoms with van der Waals surface area (Å²) in [4.78, 5) is 19.8. The van der Waals surface area contributed by atoms with Gasteiger partial charge >= 0.3 is 6.18 Å². The minimum atomic E-state index is -4.48. The molecule has 32 heavy (non-hydrogen) atoms. The van der Waals surface area contributed by atoms with Crippen LogP contribution in [0.1, 0.15) is 47.8 Å². The Balaban J connectivity index is 1.32. The standard InChI is InChI=1S/C22H21F3N6O/c23-22(24,25)17-12-31-18(2-1-3-19(31)29-17)28-13-4-6-14(7-5-13)30-11-9-16-15(20(26)32)8-10-27-21(16)30/h1-3,8-14,28H,4-7H2,(H2,26,32). The average Bonchev–Trinajstić information content (AvgIpc) is 3.39. The number of hydrogen-bond donors (Lipinski definition) is 2. The predicted octanol–water partition coefficient (Wildman–Crippen LogP) is 4.40. The van der Waals surface area contributed by atoms with Crippen LogP contribution in [0.2, 0.25) is 0 Å². The molecule has 1 fully saturated rings. The summed E-state index contributed by atoms with van der Waals surface area (Å²) in [7, 11) is 0. The third-order valence-electron chi connectivity index (χ3n) is 6.11. The maximum atomic E-state index is 13.0. The number of carbonyl (C=O) groups is 1. The zero-order valence-electron chi connectivity index (χ0n) is 17.0. The fourth-order valence-corrected chi connectivity index (χ4v) is 4.54. The number of aromatic nitrogens is 4. The van der Waals surface area contributed by atoms with E-state index in [1.54, 1.807) is 30.5 Å². The number of pyridine rings is 2. The van der Waals surface area contributed by atoms with Crippen molar-refractivity contribution in [1.82, 2.24) is 18.9 Å². The van der Waals surface area contributed by atoms with Crippen molar-refractivity contribution >= 4 is 28.4 Å². The molecular formula is C22H21F3N6O. The van der Waals surface area contributed by atoms with Crippen molar-refractivity contribution in [2.45, 2.75) is 43.9 Å². The summed E-state index contributed by atoms with van der Waals surface area (Å²) in [6, 6.07) is 8.86. The van der Waals surface area contributed by atoms with Gasteiger partial charge in [0.25, 0.3) is 0 Å². The monoisotopic (exact) mass is 442 g/mol. The summed E-state index contributed by atoms with van der Waals surface area (Å²) in [6.07, 6.45) is 3.50. The lowest BCUT2D eigenvalue weighted by Gasteiger charge is -2.31. The first-order chi connectivity index (χ1) is 15.3. The van der Waals surface area contributed by atoms with Crippen LogP contribution >= 0.6 is 0 Å². The highest BCUT2D eigenvalue weighted by molar-refractivity contribution is 6.04. The largest absolute Gasteiger partial charge is 0.434 e. The second-order valence-corrected chi connectivity index (χ2v) is 8.10. The van der Waals surface area contributed by atoms with E-state index in [4.69, 9.17) is 5.73 Å². The molecule has 0 spiro atoms. The second kappa shape index (κ2) is 7.54. The van der Waals surface area contributed by atoms with Gasteiger partial charge in [0.2, 0.25) is 5.91 Å². The molecule has 0 atom stereocenters. The van der Waals surface area contributed by atoms with E-state index in [0.29, 0.717) is 11.4 Å². The highest BCUT2D eigenvalue weighted by Crippen LogP contribution is 2.34. The molecule has 4 aromatic rings. The van der Waals surface area contributed by atoms with Crippen molar-refractivity contribution in [3.8, 4) is 0 Å². The van der Waals surface area contributed by atoms with Gasteiger partial charge in [0.05, 0.1) is 5.56 Å². The summed E-state index contributed by atoms with van der Waals surface area (Å²) in [5, 5.41) is 4.13. The van der Waals surface area contributed by atoms with Crippen molar-refractivity contribution in [2.75, 3.05) is 5.32 Å². The molecule has 7 nitrogen and oxygen atoms in total. The number of alkyl halides is 3. The highest BCUT2D eigenvalue weighted by Gasteiger charge is 2.34. The lowest BCUT2D eigenvalue weighted by atomic mass is 9.91. The molecule has 166 valence electrons. The first-order valence-electron chi connectivity index (χ1n) is 10.4. The van der Waals surface area contributed by atoms with Crippen molar-refractivity contribution < 1.29 is 18.0 Å². The van der Waals surface area contributed by atoms with Crippen LogP contribution < -0.4 is 11.1 Å². The lowest BCUT2D eigenvalue weighted by molar-refractivity contribution is -0.140. The molecule has 1 amide bonds. The average molecular weight is 442 g/mol. The molecule has 5 rings (SSSR count). The number of carbonyl (C=O) groups excluding carboxylic acids is 1. The van der Waals surface area contributed by atoms with Crippen LogP contribution in [-0.4, -0.2) is 30.9 Å². The van der Waals surface area contributed by atoms with Crippen LogP contribution in [0.15, 0.2) is 48.9 Å². The Labute approximate surface area is 181 Å². The Morgan fingerprint density at radius 2 is 1.91 bits per heavy atom. The normalized spacial score (nSPS) is 19.5. The number of hydrogen-bond acceptors (Lipinski definition) is 4. The van der Waals surface area contributed by atoms with Crippen molar-refractivity contribution in [3.05, 3.63) is 60.2 Å². The lowest BCUT2D eigenvalue weighted by Crippen LogP contribution is -2.28. The molecule has 1 aliphatic carbocycles. The van der Waals surface area contributed by atoms with Crippen molar-refractivity contribution in [3.63, 3.8) is 0 Å². The van der Waals surface area contributed by atoms with E-state index >= 15 is 0 Å². The van der Waals surface area contributed by atoms with Crippen LogP contribution in [0.25, 0.3) is 16.7 Å². The van der Waals surface area contributed by atoms with Crippen LogP contribution in [0.4, 0.5) is 19.0 Å². The van der Waals surface area contributed by atoms with Gasteiger partial charge in [-0.05, 0) is 49.9 Å². The van der Waals surface area contributed by atoms with E-state index in [0.717, 1.165) is 42.9 Å². The van der Waals surface area contributed by atoms with Gasteiger partial charge < -0.3 is 15.6 Å². The predicted molar refractivity (Wildman–Crippen MR) is 113 cm³/mol. The van der Waals surface area contributed by atoms with Crippen LogP contribution in [-0.2, 0) is 6.18 Å². The van der Waals surface area contributed by atoms with Gasteiger partial charge in [0.15, 0.2) is 5.69 Å². The summed E-state index contributed by atoms with van der Waals surface area (Å²) in [6.45, 7) is 0. The molecule has 10 heteroatoms. The van der Waals surface area contributed by atoms with Crippen LogP contribution in [0.5, 0.6) is 0 Å². The van der Waals surface area contributed by atoms with Gasteiger partial charge in [-0.25, -0.2) is 9.97 Å². The number of nitrogens with two attached hydrogens (primary N) is 1. The number of amides is 1. The van der Waals surface area contributed by atoms with Crippen molar-refractivity contribution in [1.29, 1.82) is 0 Å². The molecule has 4 aromatic heterocycles. The SMILES string of the molecule is NC(=O)c1ccnc2c1ccn2C1CCC(Nc2cccc3nc(C(F)(F)F)cn23)CC1. The number of fused-ring (bicyclic) bond motifs is 2. The number of nitrogens with zero attached hydrogens (tertiary/aromatic N) is 4. The Kier molecular flexibility index (Phi) is 4.79. The maximum Gasteiger partial charge on any atom is 0.434 e. The molecule has 1 saturated carbocycles. The summed E-state index contributed by atoms with van der Waals surface area (Å²) >= 11 is 0. The van der Waals surface area contributed by atoms with Gasteiger partial charge in [-0.2, -0.15) is 13.2 Å². The third kappa shape index (κ3) is 3.55. The quantitative estimate of drug-likeness (QED) is 0.490.